The summed E-state index contributed by atoms with van der Waals surface area (Å²) in [7, 11) is 0. The maximum Gasteiger partial charge on any atom is 0.358 e. The molecule has 0 aliphatic carbocycles. The van der Waals surface area contributed by atoms with E-state index >= 15 is 0 Å². The lowest BCUT2D eigenvalue weighted by Crippen LogP contribution is -2.58. The SMILES string of the molecule is C[C@H](CC1=C(C(=O)OCOC(=O)C(C)(C)C)N2C(=O)[C@H](CO)[C@H]2S1)n1cnnn1. The van der Waals surface area contributed by atoms with Crippen LogP contribution in [0.1, 0.15) is 40.2 Å². The first-order valence-corrected chi connectivity index (χ1v) is 9.93. The minimum Gasteiger partial charge on any atom is -0.427 e. The molecule has 1 aromatic rings. The van der Waals surface area contributed by atoms with Crippen molar-refractivity contribution in [3.05, 3.63) is 16.9 Å². The largest absolute Gasteiger partial charge is 0.427 e. The molecule has 1 N–H and O–H groups in total. The zero-order valence-corrected chi connectivity index (χ0v) is 17.4. The van der Waals surface area contributed by atoms with Crippen molar-refractivity contribution in [2.75, 3.05) is 13.4 Å². The molecule has 0 saturated carbocycles. The van der Waals surface area contributed by atoms with Crippen molar-refractivity contribution in [3.8, 4) is 0 Å². The van der Waals surface area contributed by atoms with Crippen LogP contribution < -0.4 is 0 Å². The maximum absolute atomic E-state index is 12.7. The Morgan fingerprint density at radius 1 is 1.34 bits per heavy atom. The van der Waals surface area contributed by atoms with Gasteiger partial charge in [-0.2, -0.15) is 0 Å². The fraction of sp³-hybridized carbons (Fsp3) is 0.647. The maximum atomic E-state index is 12.7. The molecule has 1 amide bonds. The van der Waals surface area contributed by atoms with Crippen molar-refractivity contribution in [2.24, 2.45) is 11.3 Å². The number of nitrogens with zero attached hydrogens (tertiary/aromatic N) is 5. The number of aliphatic hydroxyl groups is 1. The Labute approximate surface area is 171 Å². The van der Waals surface area contributed by atoms with Crippen LogP contribution in [0.5, 0.6) is 0 Å². The number of hydrogen-bond acceptors (Lipinski definition) is 10. The smallest absolute Gasteiger partial charge is 0.358 e. The molecular formula is C17H23N5O6S. The molecule has 2 aliphatic heterocycles. The number of carbonyl (C=O) groups is 3. The van der Waals surface area contributed by atoms with Crippen LogP contribution in [0.4, 0.5) is 0 Å². The van der Waals surface area contributed by atoms with Gasteiger partial charge in [0.1, 0.15) is 17.4 Å². The lowest BCUT2D eigenvalue weighted by Gasteiger charge is -2.41. The average Bonchev–Trinajstić information content (AvgIpc) is 3.28. The highest BCUT2D eigenvalue weighted by molar-refractivity contribution is 8.04. The van der Waals surface area contributed by atoms with Gasteiger partial charge in [-0.05, 0) is 38.1 Å². The molecule has 0 unspecified atom stereocenters. The van der Waals surface area contributed by atoms with Crippen LogP contribution in [0.2, 0.25) is 0 Å². The predicted molar refractivity (Wildman–Crippen MR) is 99.5 cm³/mol. The number of fused-ring (bicyclic) bond motifs is 1. The number of aromatic nitrogens is 4. The standard InChI is InChI=1S/C17H23N5O6S/c1-9(21-7-18-19-20-21)5-11-12(22-13(24)10(6-23)14(22)29-11)15(25)27-8-28-16(26)17(2,3)4/h7,9-10,14,23H,5-6,8H2,1-4H3/t9-,10+,14-/m1/s1. The number of allylic oxidation sites excluding steroid dienone is 1. The predicted octanol–water partition coefficient (Wildman–Crippen LogP) is 0.449. The Kier molecular flexibility index (Phi) is 5.94. The number of rotatable bonds is 7. The second kappa shape index (κ2) is 8.11. The highest BCUT2D eigenvalue weighted by Gasteiger charge is 2.56. The highest BCUT2D eigenvalue weighted by Crippen LogP contribution is 2.51. The number of hydrogen-bond donors (Lipinski definition) is 1. The van der Waals surface area contributed by atoms with E-state index in [0.717, 1.165) is 0 Å². The van der Waals surface area contributed by atoms with Gasteiger partial charge < -0.3 is 14.6 Å². The first-order chi connectivity index (χ1) is 13.6. The van der Waals surface area contributed by atoms with Gasteiger partial charge in [-0.3, -0.25) is 14.5 Å². The van der Waals surface area contributed by atoms with Gasteiger partial charge >= 0.3 is 11.9 Å². The van der Waals surface area contributed by atoms with Gasteiger partial charge in [0.05, 0.1) is 24.0 Å². The molecular weight excluding hydrogens is 402 g/mol. The van der Waals surface area contributed by atoms with Gasteiger partial charge in [-0.25, -0.2) is 9.48 Å². The molecule has 3 rings (SSSR count). The summed E-state index contributed by atoms with van der Waals surface area (Å²) in [6.07, 6.45) is 1.85. The van der Waals surface area contributed by atoms with Gasteiger partial charge in [-0.15, -0.1) is 16.9 Å². The molecule has 29 heavy (non-hydrogen) atoms. The van der Waals surface area contributed by atoms with Crippen molar-refractivity contribution in [2.45, 2.75) is 45.5 Å². The van der Waals surface area contributed by atoms with E-state index in [0.29, 0.717) is 11.3 Å². The minimum atomic E-state index is -0.759. The summed E-state index contributed by atoms with van der Waals surface area (Å²) >= 11 is 1.34. The van der Waals surface area contributed by atoms with E-state index in [1.807, 2.05) is 6.92 Å². The molecule has 1 aromatic heterocycles. The minimum absolute atomic E-state index is 0.112. The summed E-state index contributed by atoms with van der Waals surface area (Å²) in [6.45, 7) is 6.08. The molecule has 1 saturated heterocycles. The van der Waals surface area contributed by atoms with Crippen molar-refractivity contribution < 1.29 is 29.0 Å². The Bertz CT molecular complexity index is 834. The lowest BCUT2D eigenvalue weighted by molar-refractivity contribution is -0.173. The molecule has 158 valence electrons. The van der Waals surface area contributed by atoms with Crippen LogP contribution in [-0.4, -0.2) is 66.8 Å². The van der Waals surface area contributed by atoms with Gasteiger partial charge in [0.15, 0.2) is 0 Å². The van der Waals surface area contributed by atoms with Crippen LogP contribution in [-0.2, 0) is 23.9 Å². The second-order valence-corrected chi connectivity index (χ2v) is 9.06. The lowest BCUT2D eigenvalue weighted by atomic mass is 9.98. The molecule has 3 atom stereocenters. The Balaban J connectivity index is 1.73. The third kappa shape index (κ3) is 4.13. The van der Waals surface area contributed by atoms with Crippen LogP contribution in [0.25, 0.3) is 0 Å². The number of tetrazole rings is 1. The zero-order valence-electron chi connectivity index (χ0n) is 16.6. The van der Waals surface area contributed by atoms with Gasteiger partial charge in [0.2, 0.25) is 12.7 Å². The zero-order chi connectivity index (χ0) is 21.3. The van der Waals surface area contributed by atoms with E-state index in [9.17, 15) is 19.5 Å². The van der Waals surface area contributed by atoms with Gasteiger partial charge in [0.25, 0.3) is 0 Å². The number of esters is 2. The third-order valence-electron chi connectivity index (χ3n) is 4.60. The summed E-state index contributed by atoms with van der Waals surface area (Å²) in [5.41, 5.74) is -0.616. The van der Waals surface area contributed by atoms with E-state index < -0.39 is 30.1 Å². The first-order valence-electron chi connectivity index (χ1n) is 9.05. The number of β-lactam (4-membered cyclic amide) rings is 1. The van der Waals surface area contributed by atoms with E-state index in [-0.39, 0.29) is 29.6 Å². The van der Waals surface area contributed by atoms with Crippen molar-refractivity contribution in [3.63, 3.8) is 0 Å². The van der Waals surface area contributed by atoms with E-state index in [1.54, 1.807) is 25.5 Å². The molecule has 12 heteroatoms. The number of carbonyl (C=O) groups excluding carboxylic acids is 3. The van der Waals surface area contributed by atoms with Gasteiger partial charge in [-0.1, -0.05) is 0 Å². The second-order valence-electron chi connectivity index (χ2n) is 7.85. The van der Waals surface area contributed by atoms with Crippen LogP contribution in [0.15, 0.2) is 16.9 Å². The molecule has 0 spiro atoms. The fourth-order valence-electron chi connectivity index (χ4n) is 2.91. The molecule has 0 aromatic carbocycles. The number of aliphatic hydroxyl groups excluding tert-OH is 1. The molecule has 0 bridgehead atoms. The summed E-state index contributed by atoms with van der Waals surface area (Å²) in [5.74, 6) is -2.17. The molecule has 1 fully saturated rings. The molecule has 0 radical (unpaired) electrons. The summed E-state index contributed by atoms with van der Waals surface area (Å²) < 4.78 is 11.6. The summed E-state index contributed by atoms with van der Waals surface area (Å²) in [5, 5.41) is 20.1. The normalized spacial score (nSPS) is 22.2. The van der Waals surface area contributed by atoms with E-state index in [2.05, 4.69) is 15.5 Å². The van der Waals surface area contributed by atoms with Crippen molar-refractivity contribution >= 4 is 29.6 Å². The molecule has 3 heterocycles. The number of thioether (sulfide) groups is 1. The quantitative estimate of drug-likeness (QED) is 0.372. The Morgan fingerprint density at radius 2 is 2.07 bits per heavy atom. The van der Waals surface area contributed by atoms with Gasteiger partial charge in [0, 0.05) is 11.3 Å². The first kappa shape index (κ1) is 21.2. The highest BCUT2D eigenvalue weighted by atomic mass is 32.2. The van der Waals surface area contributed by atoms with Crippen molar-refractivity contribution in [1.82, 2.24) is 25.1 Å². The van der Waals surface area contributed by atoms with E-state index in [1.165, 1.54) is 23.0 Å². The van der Waals surface area contributed by atoms with E-state index in [4.69, 9.17) is 9.47 Å². The van der Waals surface area contributed by atoms with Crippen LogP contribution in [0, 0.1) is 11.3 Å². The molecule has 2 aliphatic rings. The van der Waals surface area contributed by atoms with Crippen LogP contribution in [0.3, 0.4) is 0 Å². The monoisotopic (exact) mass is 425 g/mol. The third-order valence-corrected chi connectivity index (χ3v) is 6.03. The number of ether oxygens (including phenoxy) is 2. The summed E-state index contributed by atoms with van der Waals surface area (Å²) in [4.78, 5) is 38.8. The Hall–Kier alpha value is -2.47. The summed E-state index contributed by atoms with van der Waals surface area (Å²) in [6, 6.07) is -0.171. The van der Waals surface area contributed by atoms with Crippen LogP contribution >= 0.6 is 11.8 Å². The Morgan fingerprint density at radius 3 is 2.66 bits per heavy atom. The topological polar surface area (TPSA) is 137 Å². The number of amides is 1. The van der Waals surface area contributed by atoms with Crippen molar-refractivity contribution in [1.29, 1.82) is 0 Å². The fourth-order valence-corrected chi connectivity index (χ4v) is 4.51. The average molecular weight is 425 g/mol. The molecule has 11 nitrogen and oxygen atoms in total.